The number of urea groups is 1. The van der Waals surface area contributed by atoms with Gasteiger partial charge in [-0.25, -0.2) is 9.59 Å². The van der Waals surface area contributed by atoms with Crippen molar-refractivity contribution in [3.63, 3.8) is 0 Å². The van der Waals surface area contributed by atoms with Crippen LogP contribution in [0.25, 0.3) is 0 Å². The summed E-state index contributed by atoms with van der Waals surface area (Å²) in [5.41, 5.74) is 0. The van der Waals surface area contributed by atoms with E-state index in [9.17, 15) is 9.59 Å². The molecule has 2 atom stereocenters. The van der Waals surface area contributed by atoms with Gasteiger partial charge in [0, 0.05) is 12.3 Å². The van der Waals surface area contributed by atoms with Crippen molar-refractivity contribution in [3.8, 4) is 0 Å². The molecule has 1 fully saturated rings. The van der Waals surface area contributed by atoms with Crippen LogP contribution in [0.4, 0.5) is 4.79 Å². The number of amides is 2. The molecule has 0 bridgehead atoms. The molecule has 0 aromatic rings. The molecule has 0 aliphatic carbocycles. The van der Waals surface area contributed by atoms with E-state index < -0.39 is 12.0 Å². The van der Waals surface area contributed by atoms with Crippen molar-refractivity contribution in [1.29, 1.82) is 0 Å². The van der Waals surface area contributed by atoms with E-state index in [2.05, 4.69) is 10.6 Å². The standard InChI is InChI=1S/C12H23N3O3S/c1-3-10-15(9(8-19-10)11(16)17)12(18)14-7-5-6-13-4-2/h9-10,13H,3-8H2,1-2H3,(H,14,18)(H,16,17). The van der Waals surface area contributed by atoms with Gasteiger partial charge in [-0.15, -0.1) is 11.8 Å². The summed E-state index contributed by atoms with van der Waals surface area (Å²) in [5, 5.41) is 15.1. The number of nitrogens with zero attached hydrogens (tertiary/aromatic N) is 1. The highest BCUT2D eigenvalue weighted by molar-refractivity contribution is 8.00. The molecular formula is C12H23N3O3S. The molecule has 0 saturated carbocycles. The number of rotatable bonds is 7. The van der Waals surface area contributed by atoms with Gasteiger partial charge in [0.2, 0.25) is 0 Å². The Balaban J connectivity index is 2.44. The molecule has 6 nitrogen and oxygen atoms in total. The minimum Gasteiger partial charge on any atom is -0.480 e. The van der Waals surface area contributed by atoms with Crippen molar-refractivity contribution in [3.05, 3.63) is 0 Å². The largest absolute Gasteiger partial charge is 0.480 e. The molecule has 1 heterocycles. The van der Waals surface area contributed by atoms with Crippen molar-refractivity contribution < 1.29 is 14.7 Å². The van der Waals surface area contributed by atoms with Gasteiger partial charge in [-0.1, -0.05) is 13.8 Å². The first-order valence-corrected chi connectivity index (χ1v) is 7.78. The van der Waals surface area contributed by atoms with E-state index in [1.807, 2.05) is 13.8 Å². The minimum atomic E-state index is -0.925. The summed E-state index contributed by atoms with van der Waals surface area (Å²) in [6, 6.07) is -0.968. The van der Waals surface area contributed by atoms with E-state index in [-0.39, 0.29) is 11.4 Å². The van der Waals surface area contributed by atoms with Crippen LogP contribution in [0.3, 0.4) is 0 Å². The molecule has 0 aromatic heterocycles. The van der Waals surface area contributed by atoms with Crippen molar-refractivity contribution in [2.45, 2.75) is 38.1 Å². The fraction of sp³-hybridized carbons (Fsp3) is 0.833. The third-order valence-corrected chi connectivity index (χ3v) is 4.47. The molecule has 0 radical (unpaired) electrons. The lowest BCUT2D eigenvalue weighted by atomic mass is 10.3. The number of hydrogen-bond acceptors (Lipinski definition) is 4. The first kappa shape index (κ1) is 16.1. The van der Waals surface area contributed by atoms with Crippen LogP contribution in [0.1, 0.15) is 26.7 Å². The maximum absolute atomic E-state index is 12.1. The minimum absolute atomic E-state index is 0.0325. The fourth-order valence-corrected chi connectivity index (χ4v) is 3.36. The highest BCUT2D eigenvalue weighted by Gasteiger charge is 2.40. The van der Waals surface area contributed by atoms with E-state index in [0.717, 1.165) is 25.9 Å². The molecule has 0 aromatic carbocycles. The van der Waals surface area contributed by atoms with Crippen LogP contribution in [0.5, 0.6) is 0 Å². The lowest BCUT2D eigenvalue weighted by Gasteiger charge is -2.26. The third kappa shape index (κ3) is 4.58. The van der Waals surface area contributed by atoms with Gasteiger partial charge < -0.3 is 15.7 Å². The Hall–Kier alpha value is -0.950. The molecule has 0 spiro atoms. The maximum Gasteiger partial charge on any atom is 0.327 e. The average Bonchev–Trinajstić information content (AvgIpc) is 2.82. The zero-order valence-electron chi connectivity index (χ0n) is 11.5. The smallest absolute Gasteiger partial charge is 0.327 e. The molecule has 1 aliphatic rings. The lowest BCUT2D eigenvalue weighted by molar-refractivity contribution is -0.141. The van der Waals surface area contributed by atoms with Gasteiger partial charge in [-0.2, -0.15) is 0 Å². The van der Waals surface area contributed by atoms with Crippen LogP contribution >= 0.6 is 11.8 Å². The molecular weight excluding hydrogens is 266 g/mol. The van der Waals surface area contributed by atoms with Crippen LogP contribution in [0, 0.1) is 0 Å². The Kier molecular flexibility index (Phi) is 7.01. The van der Waals surface area contributed by atoms with Gasteiger partial charge in [0.15, 0.2) is 0 Å². The first-order chi connectivity index (χ1) is 9.11. The van der Waals surface area contributed by atoms with Crippen molar-refractivity contribution >= 4 is 23.8 Å². The van der Waals surface area contributed by atoms with Crippen molar-refractivity contribution in [2.75, 3.05) is 25.4 Å². The van der Waals surface area contributed by atoms with Gasteiger partial charge in [-0.3, -0.25) is 4.90 Å². The number of carbonyl (C=O) groups is 2. The van der Waals surface area contributed by atoms with Crippen LogP contribution in [0.2, 0.25) is 0 Å². The average molecular weight is 289 g/mol. The molecule has 1 rings (SSSR count). The van der Waals surface area contributed by atoms with Gasteiger partial charge in [0.1, 0.15) is 6.04 Å². The summed E-state index contributed by atoms with van der Waals surface area (Å²) in [6.45, 7) is 6.33. The molecule has 1 aliphatic heterocycles. The number of carbonyl (C=O) groups excluding carboxylic acids is 1. The van der Waals surface area contributed by atoms with E-state index >= 15 is 0 Å². The summed E-state index contributed by atoms with van der Waals surface area (Å²) in [4.78, 5) is 24.7. The number of carboxylic acid groups (broad SMARTS) is 1. The van der Waals surface area contributed by atoms with Crippen molar-refractivity contribution in [2.24, 2.45) is 0 Å². The Bertz CT molecular complexity index is 315. The fourth-order valence-electron chi connectivity index (χ4n) is 2.02. The Labute approximate surface area is 118 Å². The van der Waals surface area contributed by atoms with Gasteiger partial charge in [0.05, 0.1) is 5.37 Å². The van der Waals surface area contributed by atoms with Gasteiger partial charge in [0.25, 0.3) is 0 Å². The predicted octanol–water partition coefficient (Wildman–Crippen LogP) is 0.934. The summed E-state index contributed by atoms with van der Waals surface area (Å²) in [7, 11) is 0. The Morgan fingerprint density at radius 1 is 1.37 bits per heavy atom. The zero-order valence-corrected chi connectivity index (χ0v) is 12.3. The highest BCUT2D eigenvalue weighted by atomic mass is 32.2. The summed E-state index contributed by atoms with van der Waals surface area (Å²) >= 11 is 1.53. The SMILES string of the molecule is CCNCCCNC(=O)N1C(CC)SCC1C(=O)O. The lowest BCUT2D eigenvalue weighted by Crippen LogP contribution is -2.50. The van der Waals surface area contributed by atoms with Crippen LogP contribution < -0.4 is 10.6 Å². The van der Waals surface area contributed by atoms with E-state index in [1.54, 1.807) is 0 Å². The Morgan fingerprint density at radius 2 is 2.11 bits per heavy atom. The number of nitrogens with one attached hydrogen (secondary N) is 2. The molecule has 1 saturated heterocycles. The quantitative estimate of drug-likeness (QED) is 0.608. The van der Waals surface area contributed by atoms with Crippen molar-refractivity contribution in [1.82, 2.24) is 15.5 Å². The predicted molar refractivity (Wildman–Crippen MR) is 76.4 cm³/mol. The molecule has 3 N–H and O–H groups in total. The first-order valence-electron chi connectivity index (χ1n) is 6.73. The molecule has 2 unspecified atom stereocenters. The van der Waals surface area contributed by atoms with E-state index in [1.165, 1.54) is 16.7 Å². The monoisotopic (exact) mass is 289 g/mol. The second-order valence-electron chi connectivity index (χ2n) is 4.40. The van der Waals surface area contributed by atoms with Crippen LogP contribution in [0.15, 0.2) is 0 Å². The summed E-state index contributed by atoms with van der Waals surface area (Å²) < 4.78 is 0. The van der Waals surface area contributed by atoms with Crippen LogP contribution in [-0.2, 0) is 4.79 Å². The third-order valence-electron chi connectivity index (χ3n) is 3.02. The molecule has 19 heavy (non-hydrogen) atoms. The summed E-state index contributed by atoms with van der Waals surface area (Å²) in [6.07, 6.45) is 1.61. The highest BCUT2D eigenvalue weighted by Crippen LogP contribution is 2.31. The second kappa shape index (κ2) is 8.27. The molecule has 7 heteroatoms. The van der Waals surface area contributed by atoms with Gasteiger partial charge >= 0.3 is 12.0 Å². The number of thioether (sulfide) groups is 1. The number of aliphatic carboxylic acids is 1. The number of carboxylic acids is 1. The topological polar surface area (TPSA) is 81.7 Å². The van der Waals surface area contributed by atoms with Crippen LogP contribution in [-0.4, -0.2) is 58.8 Å². The second-order valence-corrected chi connectivity index (χ2v) is 5.61. The molecule has 110 valence electrons. The van der Waals surface area contributed by atoms with Gasteiger partial charge in [-0.05, 0) is 25.9 Å². The zero-order chi connectivity index (χ0) is 14.3. The van der Waals surface area contributed by atoms with E-state index in [4.69, 9.17) is 5.11 Å². The maximum atomic E-state index is 12.1. The normalized spacial score (nSPS) is 22.5. The van der Waals surface area contributed by atoms with E-state index in [0.29, 0.717) is 12.3 Å². The number of hydrogen-bond donors (Lipinski definition) is 3. The molecule has 2 amide bonds. The Morgan fingerprint density at radius 3 is 2.68 bits per heavy atom. The summed E-state index contributed by atoms with van der Waals surface area (Å²) in [5.74, 6) is -0.454.